The molecule has 4 aromatic rings. The zero-order valence-corrected chi connectivity index (χ0v) is 19.3. The van der Waals surface area contributed by atoms with Gasteiger partial charge < -0.3 is 4.90 Å². The van der Waals surface area contributed by atoms with E-state index in [0.29, 0.717) is 22.3 Å². The minimum atomic E-state index is -3.29. The molecule has 168 valence electrons. The molecule has 1 heterocycles. The second-order valence-corrected chi connectivity index (χ2v) is 10.0. The number of amides is 1. The molecule has 1 atom stereocenters. The average molecular weight is 463 g/mol. The smallest absolute Gasteiger partial charge is 0.254 e. The van der Waals surface area contributed by atoms with Crippen LogP contribution in [0.5, 0.6) is 0 Å². The SMILES string of the molecule is CC(c1ccc(S(C)(=O)=O)cc1)N(C)C(=O)c1cc(-c2ccc(F)cc2)nc2ccccc12. The summed E-state index contributed by atoms with van der Waals surface area (Å²) >= 11 is 0. The van der Waals surface area contributed by atoms with Crippen LogP contribution >= 0.6 is 0 Å². The summed E-state index contributed by atoms with van der Waals surface area (Å²) in [4.78, 5) is 20.1. The molecule has 0 aliphatic carbocycles. The molecule has 0 saturated heterocycles. The molecule has 5 nitrogen and oxygen atoms in total. The maximum absolute atomic E-state index is 13.6. The van der Waals surface area contributed by atoms with Gasteiger partial charge in [-0.25, -0.2) is 17.8 Å². The van der Waals surface area contributed by atoms with Gasteiger partial charge in [0.05, 0.1) is 27.7 Å². The molecule has 0 bridgehead atoms. The molecule has 0 saturated carbocycles. The number of fused-ring (bicyclic) bond motifs is 1. The highest BCUT2D eigenvalue weighted by atomic mass is 32.2. The molecule has 3 aromatic carbocycles. The Labute approximate surface area is 192 Å². The van der Waals surface area contributed by atoms with E-state index in [-0.39, 0.29) is 22.7 Å². The Morgan fingerprint density at radius 1 is 0.970 bits per heavy atom. The molecule has 0 aliphatic rings. The lowest BCUT2D eigenvalue weighted by molar-refractivity contribution is 0.0744. The van der Waals surface area contributed by atoms with E-state index in [9.17, 15) is 17.6 Å². The van der Waals surface area contributed by atoms with Gasteiger partial charge in [0.2, 0.25) is 0 Å². The zero-order chi connectivity index (χ0) is 23.8. The molecular weight excluding hydrogens is 439 g/mol. The number of halogens is 1. The Kier molecular flexibility index (Phi) is 5.99. The number of benzene rings is 3. The topological polar surface area (TPSA) is 67.3 Å². The fraction of sp³-hybridized carbons (Fsp3) is 0.154. The van der Waals surface area contributed by atoms with E-state index < -0.39 is 9.84 Å². The molecule has 7 heteroatoms. The van der Waals surface area contributed by atoms with Crippen LogP contribution in [-0.2, 0) is 9.84 Å². The number of sulfone groups is 1. The highest BCUT2D eigenvalue weighted by Crippen LogP contribution is 2.28. The quantitative estimate of drug-likeness (QED) is 0.405. The number of rotatable bonds is 5. The normalized spacial score (nSPS) is 12.5. The number of carbonyl (C=O) groups is 1. The van der Waals surface area contributed by atoms with E-state index in [0.717, 1.165) is 17.2 Å². The number of nitrogens with zero attached hydrogens (tertiary/aromatic N) is 2. The fourth-order valence-electron chi connectivity index (χ4n) is 3.70. The van der Waals surface area contributed by atoms with Crippen molar-refractivity contribution in [1.29, 1.82) is 0 Å². The van der Waals surface area contributed by atoms with Crippen LogP contribution in [0.25, 0.3) is 22.2 Å². The maximum atomic E-state index is 13.6. The lowest BCUT2D eigenvalue weighted by atomic mass is 10.0. The first kappa shape index (κ1) is 22.6. The highest BCUT2D eigenvalue weighted by Gasteiger charge is 2.22. The Morgan fingerprint density at radius 3 is 2.24 bits per heavy atom. The van der Waals surface area contributed by atoms with Crippen LogP contribution in [0.3, 0.4) is 0 Å². The molecule has 1 aromatic heterocycles. The third kappa shape index (κ3) is 4.64. The molecule has 4 rings (SSSR count). The van der Waals surface area contributed by atoms with Crippen LogP contribution in [0.2, 0.25) is 0 Å². The molecule has 0 fully saturated rings. The Morgan fingerprint density at radius 2 is 1.61 bits per heavy atom. The van der Waals surface area contributed by atoms with Crippen molar-refractivity contribution < 1.29 is 17.6 Å². The van der Waals surface area contributed by atoms with Crippen molar-refractivity contribution >= 4 is 26.6 Å². The first-order chi connectivity index (χ1) is 15.6. The maximum Gasteiger partial charge on any atom is 0.254 e. The highest BCUT2D eigenvalue weighted by molar-refractivity contribution is 7.90. The van der Waals surface area contributed by atoms with Crippen molar-refractivity contribution in [2.45, 2.75) is 17.9 Å². The molecule has 0 N–H and O–H groups in total. The number of aromatic nitrogens is 1. The minimum Gasteiger partial charge on any atom is -0.335 e. The van der Waals surface area contributed by atoms with Crippen LogP contribution in [-0.4, -0.2) is 37.5 Å². The lowest BCUT2D eigenvalue weighted by Crippen LogP contribution is -2.30. The number of hydrogen-bond acceptors (Lipinski definition) is 4. The summed E-state index contributed by atoms with van der Waals surface area (Å²) in [5.41, 5.74) is 3.26. The van der Waals surface area contributed by atoms with E-state index in [2.05, 4.69) is 4.98 Å². The van der Waals surface area contributed by atoms with Crippen molar-refractivity contribution in [3.8, 4) is 11.3 Å². The summed E-state index contributed by atoms with van der Waals surface area (Å²) in [6.45, 7) is 1.89. The molecule has 33 heavy (non-hydrogen) atoms. The summed E-state index contributed by atoms with van der Waals surface area (Å²) in [5, 5.41) is 0.722. The number of hydrogen-bond donors (Lipinski definition) is 0. The fourth-order valence-corrected chi connectivity index (χ4v) is 4.33. The van der Waals surface area contributed by atoms with Gasteiger partial charge in [-0.2, -0.15) is 0 Å². The van der Waals surface area contributed by atoms with Crippen molar-refractivity contribution in [1.82, 2.24) is 9.88 Å². The third-order valence-electron chi connectivity index (χ3n) is 5.78. The number of pyridine rings is 1. The monoisotopic (exact) mass is 462 g/mol. The number of carbonyl (C=O) groups excluding carboxylic acids is 1. The molecule has 0 aliphatic heterocycles. The van der Waals surface area contributed by atoms with Gasteiger partial charge >= 0.3 is 0 Å². The van der Waals surface area contributed by atoms with Crippen LogP contribution in [0, 0.1) is 5.82 Å². The summed E-state index contributed by atoms with van der Waals surface area (Å²) in [6, 6.07) is 21.4. The zero-order valence-electron chi connectivity index (χ0n) is 18.5. The van der Waals surface area contributed by atoms with Gasteiger partial charge in [-0.1, -0.05) is 30.3 Å². The Bertz CT molecular complexity index is 1430. The molecular formula is C26H23FN2O3S. The summed E-state index contributed by atoms with van der Waals surface area (Å²) in [6.07, 6.45) is 1.16. The van der Waals surface area contributed by atoms with E-state index in [1.165, 1.54) is 12.1 Å². The molecule has 1 amide bonds. The summed E-state index contributed by atoms with van der Waals surface area (Å²) in [7, 11) is -1.58. The van der Waals surface area contributed by atoms with Gasteiger partial charge in [-0.3, -0.25) is 4.79 Å². The summed E-state index contributed by atoms with van der Waals surface area (Å²) < 4.78 is 36.9. The first-order valence-corrected chi connectivity index (χ1v) is 12.3. The second kappa shape index (κ2) is 8.75. The van der Waals surface area contributed by atoms with Gasteiger partial charge in [-0.05, 0) is 61.0 Å². The second-order valence-electron chi connectivity index (χ2n) is 8.01. The third-order valence-corrected chi connectivity index (χ3v) is 6.91. The Hall–Kier alpha value is -3.58. The van der Waals surface area contributed by atoms with Gasteiger partial charge in [0.25, 0.3) is 5.91 Å². The van der Waals surface area contributed by atoms with E-state index in [1.807, 2.05) is 31.2 Å². The van der Waals surface area contributed by atoms with Crippen LogP contribution < -0.4 is 0 Å². The summed E-state index contributed by atoms with van der Waals surface area (Å²) in [5.74, 6) is -0.539. The van der Waals surface area contributed by atoms with Crippen LogP contribution in [0.1, 0.15) is 28.9 Å². The van der Waals surface area contributed by atoms with E-state index in [1.54, 1.807) is 54.4 Å². The van der Waals surface area contributed by atoms with E-state index >= 15 is 0 Å². The van der Waals surface area contributed by atoms with Crippen molar-refractivity contribution in [2.75, 3.05) is 13.3 Å². The van der Waals surface area contributed by atoms with E-state index in [4.69, 9.17) is 0 Å². The van der Waals surface area contributed by atoms with Crippen molar-refractivity contribution in [3.63, 3.8) is 0 Å². The van der Waals surface area contributed by atoms with Crippen molar-refractivity contribution in [3.05, 3.63) is 95.8 Å². The van der Waals surface area contributed by atoms with Crippen LogP contribution in [0.4, 0.5) is 4.39 Å². The number of para-hydroxylation sites is 1. The largest absolute Gasteiger partial charge is 0.335 e. The average Bonchev–Trinajstić information content (AvgIpc) is 2.82. The lowest BCUT2D eigenvalue weighted by Gasteiger charge is -2.26. The minimum absolute atomic E-state index is 0.198. The van der Waals surface area contributed by atoms with Gasteiger partial charge in [0.15, 0.2) is 9.84 Å². The molecule has 0 spiro atoms. The van der Waals surface area contributed by atoms with Gasteiger partial charge in [0.1, 0.15) is 5.82 Å². The standard InChI is InChI=1S/C26H23FN2O3S/c1-17(18-10-14-21(15-11-18)33(3,31)32)29(2)26(30)23-16-25(19-8-12-20(27)13-9-19)28-24-7-5-4-6-22(23)24/h4-17H,1-3H3. The van der Waals surface area contributed by atoms with Gasteiger partial charge in [-0.15, -0.1) is 0 Å². The predicted molar refractivity (Wildman–Crippen MR) is 127 cm³/mol. The Balaban J connectivity index is 1.72. The van der Waals surface area contributed by atoms with Crippen molar-refractivity contribution in [2.24, 2.45) is 0 Å². The van der Waals surface area contributed by atoms with Gasteiger partial charge in [0, 0.05) is 24.3 Å². The molecule has 1 unspecified atom stereocenters. The van der Waals surface area contributed by atoms with Crippen LogP contribution in [0.15, 0.2) is 83.8 Å². The first-order valence-electron chi connectivity index (χ1n) is 10.4. The predicted octanol–water partition coefficient (Wildman–Crippen LogP) is 5.28. The molecule has 0 radical (unpaired) electrons.